The molecule has 4 nitrogen and oxygen atoms in total. The molecule has 0 saturated heterocycles. The Kier molecular flexibility index (Phi) is 2.32. The number of carbonyl (C=O) groups is 1. The van der Waals surface area contributed by atoms with E-state index in [2.05, 4.69) is 10.3 Å². The largest absolute Gasteiger partial charge is 0.412 e. The Hall–Kier alpha value is -1.62. The van der Waals surface area contributed by atoms with E-state index < -0.39 is 6.09 Å². The highest BCUT2D eigenvalue weighted by atomic mass is 32.1. The standard InChI is InChI=1S/C9H8N2O2S/c1-10-9(12)13-6-3-2-4-7-8(6)11-5-14-7/h2-5H,1H3,(H,10,12). The van der Waals surface area contributed by atoms with Crippen molar-refractivity contribution in [3.63, 3.8) is 0 Å². The maximum Gasteiger partial charge on any atom is 0.412 e. The number of ether oxygens (including phenoxy) is 1. The molecule has 0 bridgehead atoms. The van der Waals surface area contributed by atoms with E-state index in [4.69, 9.17) is 4.74 Å². The molecule has 1 heterocycles. The summed E-state index contributed by atoms with van der Waals surface area (Å²) < 4.78 is 6.04. The summed E-state index contributed by atoms with van der Waals surface area (Å²) in [5.74, 6) is 0.489. The van der Waals surface area contributed by atoms with Crippen LogP contribution in [0.4, 0.5) is 4.79 Å². The first-order valence-corrected chi connectivity index (χ1v) is 4.91. The van der Waals surface area contributed by atoms with Gasteiger partial charge in [-0.2, -0.15) is 0 Å². The van der Waals surface area contributed by atoms with Gasteiger partial charge in [0.2, 0.25) is 0 Å². The second kappa shape index (κ2) is 3.63. The second-order valence-corrected chi connectivity index (χ2v) is 3.48. The Bertz CT molecular complexity index is 467. The number of amides is 1. The van der Waals surface area contributed by atoms with Gasteiger partial charge in [0, 0.05) is 7.05 Å². The van der Waals surface area contributed by atoms with Crippen LogP contribution in [0.5, 0.6) is 5.75 Å². The van der Waals surface area contributed by atoms with Gasteiger partial charge in [-0.05, 0) is 12.1 Å². The molecule has 0 unspecified atom stereocenters. The first kappa shape index (κ1) is 8.96. The third kappa shape index (κ3) is 1.54. The third-order valence-corrected chi connectivity index (χ3v) is 2.52. The van der Waals surface area contributed by atoms with Crippen molar-refractivity contribution in [2.75, 3.05) is 7.05 Å². The van der Waals surface area contributed by atoms with Crippen LogP contribution < -0.4 is 10.1 Å². The van der Waals surface area contributed by atoms with Gasteiger partial charge in [0.25, 0.3) is 0 Å². The fourth-order valence-electron chi connectivity index (χ4n) is 1.09. The van der Waals surface area contributed by atoms with Crippen LogP contribution in [0, 0.1) is 0 Å². The highest BCUT2D eigenvalue weighted by molar-refractivity contribution is 7.16. The normalized spacial score (nSPS) is 10.1. The predicted molar refractivity (Wildman–Crippen MR) is 54.7 cm³/mol. The molecular formula is C9H8N2O2S. The van der Waals surface area contributed by atoms with E-state index in [0.29, 0.717) is 5.75 Å². The first-order valence-electron chi connectivity index (χ1n) is 4.03. The maximum absolute atomic E-state index is 11.0. The summed E-state index contributed by atoms with van der Waals surface area (Å²) in [6, 6.07) is 5.49. The van der Waals surface area contributed by atoms with Crippen LogP contribution >= 0.6 is 11.3 Å². The molecule has 1 amide bonds. The second-order valence-electron chi connectivity index (χ2n) is 2.59. The van der Waals surface area contributed by atoms with Crippen molar-refractivity contribution in [1.29, 1.82) is 0 Å². The monoisotopic (exact) mass is 208 g/mol. The van der Waals surface area contributed by atoms with Crippen molar-refractivity contribution in [3.8, 4) is 5.75 Å². The Labute approximate surface area is 84.5 Å². The summed E-state index contributed by atoms with van der Waals surface area (Å²) in [5.41, 5.74) is 2.45. The van der Waals surface area contributed by atoms with Crippen LogP contribution in [0.1, 0.15) is 0 Å². The number of thiazole rings is 1. The lowest BCUT2D eigenvalue weighted by atomic mass is 10.3. The average molecular weight is 208 g/mol. The zero-order valence-electron chi connectivity index (χ0n) is 7.48. The van der Waals surface area contributed by atoms with E-state index >= 15 is 0 Å². The molecule has 0 spiro atoms. The summed E-state index contributed by atoms with van der Waals surface area (Å²) >= 11 is 1.51. The van der Waals surface area contributed by atoms with Crippen molar-refractivity contribution < 1.29 is 9.53 Å². The summed E-state index contributed by atoms with van der Waals surface area (Å²) in [7, 11) is 1.52. The zero-order valence-corrected chi connectivity index (χ0v) is 8.30. The number of aromatic nitrogens is 1. The van der Waals surface area contributed by atoms with E-state index in [1.807, 2.05) is 12.1 Å². The zero-order chi connectivity index (χ0) is 9.97. The molecule has 14 heavy (non-hydrogen) atoms. The Morgan fingerprint density at radius 3 is 3.21 bits per heavy atom. The molecule has 0 atom stereocenters. The minimum absolute atomic E-state index is 0.481. The smallest absolute Gasteiger partial charge is 0.408 e. The van der Waals surface area contributed by atoms with Gasteiger partial charge >= 0.3 is 6.09 Å². The first-order chi connectivity index (χ1) is 6.81. The van der Waals surface area contributed by atoms with E-state index in [0.717, 1.165) is 10.2 Å². The molecule has 0 saturated carbocycles. The van der Waals surface area contributed by atoms with Gasteiger partial charge < -0.3 is 10.1 Å². The number of nitrogens with one attached hydrogen (secondary N) is 1. The lowest BCUT2D eigenvalue weighted by Gasteiger charge is -2.02. The van der Waals surface area contributed by atoms with Crippen molar-refractivity contribution in [2.24, 2.45) is 0 Å². The number of hydrogen-bond donors (Lipinski definition) is 1. The Morgan fingerprint density at radius 1 is 1.57 bits per heavy atom. The molecule has 72 valence electrons. The minimum Gasteiger partial charge on any atom is -0.408 e. The quantitative estimate of drug-likeness (QED) is 0.780. The predicted octanol–water partition coefficient (Wildman–Crippen LogP) is 2.01. The highest BCUT2D eigenvalue weighted by Gasteiger charge is 2.07. The molecular weight excluding hydrogens is 200 g/mol. The van der Waals surface area contributed by atoms with Crippen molar-refractivity contribution >= 4 is 27.6 Å². The van der Waals surface area contributed by atoms with Crippen LogP contribution in [-0.2, 0) is 0 Å². The van der Waals surface area contributed by atoms with Gasteiger partial charge in [-0.3, -0.25) is 0 Å². The summed E-state index contributed by atoms with van der Waals surface area (Å²) in [6.45, 7) is 0. The third-order valence-electron chi connectivity index (χ3n) is 1.73. The van der Waals surface area contributed by atoms with Gasteiger partial charge in [-0.1, -0.05) is 6.07 Å². The molecule has 1 aromatic heterocycles. The number of benzene rings is 1. The number of carbonyl (C=O) groups excluding carboxylic acids is 1. The molecule has 5 heteroatoms. The van der Waals surface area contributed by atoms with Crippen molar-refractivity contribution in [3.05, 3.63) is 23.7 Å². The number of fused-ring (bicyclic) bond motifs is 1. The van der Waals surface area contributed by atoms with Crippen LogP contribution in [0.2, 0.25) is 0 Å². The summed E-state index contributed by atoms with van der Waals surface area (Å²) in [4.78, 5) is 15.1. The maximum atomic E-state index is 11.0. The molecule has 0 aliphatic heterocycles. The van der Waals surface area contributed by atoms with E-state index in [1.165, 1.54) is 18.4 Å². The molecule has 2 aromatic rings. The van der Waals surface area contributed by atoms with Gasteiger partial charge in [-0.25, -0.2) is 9.78 Å². The lowest BCUT2D eigenvalue weighted by Crippen LogP contribution is -2.22. The lowest BCUT2D eigenvalue weighted by molar-refractivity contribution is 0.203. The van der Waals surface area contributed by atoms with Crippen molar-refractivity contribution in [1.82, 2.24) is 10.3 Å². The molecule has 1 N–H and O–H groups in total. The summed E-state index contributed by atoms with van der Waals surface area (Å²) in [6.07, 6.45) is -0.481. The molecule has 0 fully saturated rings. The minimum atomic E-state index is -0.481. The number of para-hydroxylation sites is 1. The Balaban J connectivity index is 2.41. The van der Waals surface area contributed by atoms with E-state index in [1.54, 1.807) is 11.6 Å². The molecule has 2 rings (SSSR count). The van der Waals surface area contributed by atoms with Gasteiger partial charge in [0.1, 0.15) is 5.52 Å². The molecule has 1 aromatic carbocycles. The molecule has 0 radical (unpaired) electrons. The van der Waals surface area contributed by atoms with Crippen LogP contribution in [0.3, 0.4) is 0 Å². The summed E-state index contributed by atoms with van der Waals surface area (Å²) in [5, 5.41) is 2.38. The molecule has 0 aliphatic rings. The Morgan fingerprint density at radius 2 is 2.43 bits per heavy atom. The van der Waals surface area contributed by atoms with Crippen LogP contribution in [-0.4, -0.2) is 18.1 Å². The van der Waals surface area contributed by atoms with Gasteiger partial charge in [0.05, 0.1) is 10.2 Å². The molecule has 0 aliphatic carbocycles. The van der Waals surface area contributed by atoms with Gasteiger partial charge in [0.15, 0.2) is 5.75 Å². The van der Waals surface area contributed by atoms with Crippen molar-refractivity contribution in [2.45, 2.75) is 0 Å². The average Bonchev–Trinajstić information content (AvgIpc) is 2.66. The highest BCUT2D eigenvalue weighted by Crippen LogP contribution is 2.26. The number of hydrogen-bond acceptors (Lipinski definition) is 4. The fourth-order valence-corrected chi connectivity index (χ4v) is 1.79. The van der Waals surface area contributed by atoms with Gasteiger partial charge in [-0.15, -0.1) is 11.3 Å². The topological polar surface area (TPSA) is 51.2 Å². The van der Waals surface area contributed by atoms with E-state index in [-0.39, 0.29) is 0 Å². The van der Waals surface area contributed by atoms with Crippen LogP contribution in [0.15, 0.2) is 23.7 Å². The fraction of sp³-hybridized carbons (Fsp3) is 0.111. The number of nitrogens with zero attached hydrogens (tertiary/aromatic N) is 1. The number of rotatable bonds is 1. The SMILES string of the molecule is CNC(=O)Oc1cccc2scnc12. The van der Waals surface area contributed by atoms with E-state index in [9.17, 15) is 4.79 Å². The van der Waals surface area contributed by atoms with Crippen LogP contribution in [0.25, 0.3) is 10.2 Å².